The fourth-order valence-corrected chi connectivity index (χ4v) is 9.76. The molecule has 11 aromatic rings. The molecular weight excluding hydrogens is 777 g/mol. The van der Waals surface area contributed by atoms with Crippen molar-refractivity contribution in [2.24, 2.45) is 0 Å². The van der Waals surface area contributed by atoms with Crippen LogP contribution in [0.4, 0.5) is 28.4 Å². The Morgan fingerprint density at radius 3 is 1.11 bits per heavy atom. The molecule has 304 valence electrons. The second kappa shape index (κ2) is 15.8. The van der Waals surface area contributed by atoms with Crippen molar-refractivity contribution >= 4 is 72.0 Å². The Morgan fingerprint density at radius 2 is 0.688 bits per heavy atom. The summed E-state index contributed by atoms with van der Waals surface area (Å²) in [5, 5.41) is 4.84. The van der Waals surface area contributed by atoms with Crippen LogP contribution in [0.1, 0.15) is 12.8 Å². The summed E-state index contributed by atoms with van der Waals surface area (Å²) in [6, 6.07) is 81.4. The van der Waals surface area contributed by atoms with Gasteiger partial charge in [0.15, 0.2) is 0 Å². The minimum atomic E-state index is 1.03. The topological polar surface area (TPSA) is 16.3 Å². The zero-order valence-electron chi connectivity index (χ0n) is 35.3. The zero-order valence-corrected chi connectivity index (χ0v) is 35.3. The lowest BCUT2D eigenvalue weighted by Gasteiger charge is -2.27. The van der Waals surface area contributed by atoms with Gasteiger partial charge in [0.25, 0.3) is 0 Å². The number of anilines is 5. The molecule has 9 aromatic carbocycles. The van der Waals surface area contributed by atoms with E-state index in [1.165, 1.54) is 60.4 Å². The molecule has 0 spiro atoms. The molecule has 0 fully saturated rings. The third-order valence-corrected chi connectivity index (χ3v) is 12.7. The van der Waals surface area contributed by atoms with Gasteiger partial charge in [0, 0.05) is 67.1 Å². The SMILES string of the molecule is C1=CC(N(c2ccccc2)c2ccc3c(c2)c2cc(-c4ccc5c(c4)c4cc(N(c6ccccc6)c6ccccc6)ccc4n5-c4ccccc4)ccc2n3-c2ccccc2)=CCC1. The number of aromatic nitrogens is 2. The van der Waals surface area contributed by atoms with Gasteiger partial charge in [0.1, 0.15) is 0 Å². The third-order valence-electron chi connectivity index (χ3n) is 12.7. The summed E-state index contributed by atoms with van der Waals surface area (Å²) in [7, 11) is 0. The van der Waals surface area contributed by atoms with E-state index in [2.05, 4.69) is 262 Å². The first kappa shape index (κ1) is 37.4. The van der Waals surface area contributed by atoms with Crippen LogP contribution in [0, 0.1) is 0 Å². The van der Waals surface area contributed by atoms with E-state index in [1.807, 2.05) is 0 Å². The highest BCUT2D eigenvalue weighted by atomic mass is 15.2. The maximum absolute atomic E-state index is 2.41. The highest BCUT2D eigenvalue weighted by Crippen LogP contribution is 2.43. The lowest BCUT2D eigenvalue weighted by Crippen LogP contribution is -2.16. The van der Waals surface area contributed by atoms with E-state index in [4.69, 9.17) is 0 Å². The molecule has 12 rings (SSSR count). The van der Waals surface area contributed by atoms with Crippen molar-refractivity contribution in [1.29, 1.82) is 0 Å². The predicted molar refractivity (Wildman–Crippen MR) is 270 cm³/mol. The highest BCUT2D eigenvalue weighted by Gasteiger charge is 2.21. The largest absolute Gasteiger partial charge is 0.311 e. The fraction of sp³-hybridized carbons (Fsp3) is 0.0333. The predicted octanol–water partition coefficient (Wildman–Crippen LogP) is 16.4. The number of hydrogen-bond acceptors (Lipinski definition) is 2. The summed E-state index contributed by atoms with van der Waals surface area (Å²) in [6.45, 7) is 0. The van der Waals surface area contributed by atoms with E-state index >= 15 is 0 Å². The molecule has 0 N–H and O–H groups in total. The molecule has 64 heavy (non-hydrogen) atoms. The van der Waals surface area contributed by atoms with Crippen LogP contribution in [0.5, 0.6) is 0 Å². The number of benzene rings is 9. The normalized spacial score (nSPS) is 12.6. The molecule has 0 atom stereocenters. The van der Waals surface area contributed by atoms with Crippen LogP contribution >= 0.6 is 0 Å². The Balaban J connectivity index is 1.06. The summed E-state index contributed by atoms with van der Waals surface area (Å²) < 4.78 is 4.82. The minimum absolute atomic E-state index is 1.03. The third kappa shape index (κ3) is 6.47. The zero-order chi connectivity index (χ0) is 42.4. The summed E-state index contributed by atoms with van der Waals surface area (Å²) in [4.78, 5) is 4.74. The molecule has 2 heterocycles. The Morgan fingerprint density at radius 1 is 0.312 bits per heavy atom. The lowest BCUT2D eigenvalue weighted by molar-refractivity contribution is 0.997. The van der Waals surface area contributed by atoms with Gasteiger partial charge in [0.2, 0.25) is 0 Å². The van der Waals surface area contributed by atoms with E-state index in [9.17, 15) is 0 Å². The molecule has 2 aromatic heterocycles. The first-order valence-electron chi connectivity index (χ1n) is 22.2. The van der Waals surface area contributed by atoms with Gasteiger partial charge in [-0.1, -0.05) is 115 Å². The molecule has 0 saturated heterocycles. The van der Waals surface area contributed by atoms with Crippen molar-refractivity contribution in [2.75, 3.05) is 9.80 Å². The van der Waals surface area contributed by atoms with E-state index < -0.39 is 0 Å². The summed E-state index contributed by atoms with van der Waals surface area (Å²) in [6.07, 6.45) is 9.01. The van der Waals surface area contributed by atoms with Crippen molar-refractivity contribution < 1.29 is 0 Å². The van der Waals surface area contributed by atoms with Crippen LogP contribution in [0.25, 0.3) is 66.1 Å². The van der Waals surface area contributed by atoms with Gasteiger partial charge < -0.3 is 18.9 Å². The van der Waals surface area contributed by atoms with Gasteiger partial charge in [0.05, 0.1) is 22.1 Å². The van der Waals surface area contributed by atoms with Crippen molar-refractivity contribution in [2.45, 2.75) is 12.8 Å². The first-order valence-corrected chi connectivity index (χ1v) is 22.2. The van der Waals surface area contributed by atoms with E-state index in [0.717, 1.165) is 52.7 Å². The number of para-hydroxylation sites is 5. The van der Waals surface area contributed by atoms with Crippen LogP contribution in [-0.4, -0.2) is 9.13 Å². The Bertz CT molecular complexity index is 3490. The molecule has 0 radical (unpaired) electrons. The molecule has 0 unspecified atom stereocenters. The van der Waals surface area contributed by atoms with Crippen molar-refractivity contribution in [3.05, 3.63) is 248 Å². The molecular formula is C60H44N4. The number of rotatable bonds is 9. The van der Waals surface area contributed by atoms with Crippen molar-refractivity contribution in [1.82, 2.24) is 9.13 Å². The minimum Gasteiger partial charge on any atom is -0.311 e. The van der Waals surface area contributed by atoms with Crippen LogP contribution < -0.4 is 9.80 Å². The van der Waals surface area contributed by atoms with Crippen molar-refractivity contribution in [3.8, 4) is 22.5 Å². The smallest absolute Gasteiger partial charge is 0.0542 e. The summed E-state index contributed by atoms with van der Waals surface area (Å²) >= 11 is 0. The van der Waals surface area contributed by atoms with E-state index in [1.54, 1.807) is 0 Å². The van der Waals surface area contributed by atoms with Crippen LogP contribution in [0.3, 0.4) is 0 Å². The number of fused-ring (bicyclic) bond motifs is 6. The quantitative estimate of drug-likeness (QED) is 0.144. The number of allylic oxidation sites excluding steroid dienone is 3. The molecule has 4 heteroatoms. The molecule has 1 aliphatic carbocycles. The van der Waals surface area contributed by atoms with Crippen molar-refractivity contribution in [3.63, 3.8) is 0 Å². The molecule has 0 amide bonds. The average molecular weight is 821 g/mol. The fourth-order valence-electron chi connectivity index (χ4n) is 9.76. The van der Waals surface area contributed by atoms with Gasteiger partial charge in [-0.2, -0.15) is 0 Å². The molecule has 4 nitrogen and oxygen atoms in total. The average Bonchev–Trinajstić information content (AvgIpc) is 3.87. The molecule has 1 aliphatic rings. The Labute approximate surface area is 373 Å². The van der Waals surface area contributed by atoms with Gasteiger partial charge in [-0.3, -0.25) is 0 Å². The van der Waals surface area contributed by atoms with Crippen LogP contribution in [0.2, 0.25) is 0 Å². The van der Waals surface area contributed by atoms with Gasteiger partial charge in [-0.25, -0.2) is 0 Å². The van der Waals surface area contributed by atoms with Gasteiger partial charge >= 0.3 is 0 Å². The van der Waals surface area contributed by atoms with Crippen LogP contribution in [-0.2, 0) is 0 Å². The maximum Gasteiger partial charge on any atom is 0.0542 e. The van der Waals surface area contributed by atoms with Crippen LogP contribution in [0.15, 0.2) is 248 Å². The van der Waals surface area contributed by atoms with E-state index in [-0.39, 0.29) is 0 Å². The standard InChI is InChI=1S/C60H44N4/c1-7-19-45(20-8-1)61(46-21-9-2-10-22-46)51-33-37-59-55(41-51)53-39-43(31-35-57(53)63(59)49-27-15-5-16-28-49)44-32-36-58-54(40-44)56-42-52(34-38-60(56)64(58)50-29-17-6-18-30-50)62(47-23-11-3-12-24-47)48-25-13-4-14-26-48/h1-3,5-13,15-42H,4,14H2. The molecule has 0 bridgehead atoms. The Hall–Kier alpha value is -8.34. The van der Waals surface area contributed by atoms with Gasteiger partial charge in [-0.05, 0) is 151 Å². The maximum atomic E-state index is 2.41. The number of nitrogens with zero attached hydrogens (tertiary/aromatic N) is 4. The summed E-state index contributed by atoms with van der Waals surface area (Å²) in [5.74, 6) is 0. The highest BCUT2D eigenvalue weighted by molar-refractivity contribution is 6.14. The summed E-state index contributed by atoms with van der Waals surface area (Å²) in [5.41, 5.74) is 16.2. The first-order chi connectivity index (χ1) is 31.8. The molecule has 0 aliphatic heterocycles. The van der Waals surface area contributed by atoms with Gasteiger partial charge in [-0.15, -0.1) is 0 Å². The lowest BCUT2D eigenvalue weighted by atomic mass is 10.00. The number of hydrogen-bond donors (Lipinski definition) is 0. The second-order valence-electron chi connectivity index (χ2n) is 16.5. The second-order valence-corrected chi connectivity index (χ2v) is 16.5. The van der Waals surface area contributed by atoms with E-state index in [0.29, 0.717) is 0 Å². The monoisotopic (exact) mass is 820 g/mol. The molecule has 0 saturated carbocycles. The Kier molecular flexibility index (Phi) is 9.27.